The molecule has 2 bridgehead atoms. The van der Waals surface area contributed by atoms with Crippen LogP contribution in [0.15, 0.2) is 17.2 Å². The van der Waals surface area contributed by atoms with E-state index in [9.17, 15) is 49.2 Å². The van der Waals surface area contributed by atoms with E-state index in [2.05, 4.69) is 0 Å². The number of carbonyl (C=O) groups excluding carboxylic acids is 5. The predicted octanol–water partition coefficient (Wildman–Crippen LogP) is 3.19. The SMILES string of the molecule is COC(=O)C[C@H]1Cc2cc3c(c(O)c2[C@H](C)O1)C(=O)[C@@H]1C[C@]3(OC(C)=O)c2c(O)c3c(c(O)c21)C(=O)C1=C(C[C@H](CC(=O)O)O[C@H]1C)C3=O. The van der Waals surface area contributed by atoms with Crippen molar-refractivity contribution >= 4 is 35.3 Å². The Balaban J connectivity index is 1.46. The van der Waals surface area contributed by atoms with Gasteiger partial charge in [-0.2, -0.15) is 0 Å². The second kappa shape index (κ2) is 11.0. The van der Waals surface area contributed by atoms with E-state index in [1.54, 1.807) is 13.0 Å². The van der Waals surface area contributed by atoms with Crippen LogP contribution >= 0.6 is 0 Å². The molecule has 14 nitrogen and oxygen atoms in total. The summed E-state index contributed by atoms with van der Waals surface area (Å²) in [6, 6.07) is 1.54. The minimum Gasteiger partial charge on any atom is -0.507 e. The molecule has 49 heavy (non-hydrogen) atoms. The third-order valence-electron chi connectivity index (χ3n) is 10.3. The van der Waals surface area contributed by atoms with Gasteiger partial charge in [0.25, 0.3) is 0 Å². The molecule has 0 amide bonds. The number of Topliss-reactive ketones (excluding diaryl/α,β-unsaturated/α-hetero) is 3. The van der Waals surface area contributed by atoms with E-state index in [1.807, 2.05) is 0 Å². The molecule has 4 N–H and O–H groups in total. The van der Waals surface area contributed by atoms with Gasteiger partial charge >= 0.3 is 17.9 Å². The summed E-state index contributed by atoms with van der Waals surface area (Å²) in [6.45, 7) is 4.21. The molecule has 0 aromatic heterocycles. The summed E-state index contributed by atoms with van der Waals surface area (Å²) in [5, 5.41) is 44.9. The first-order valence-corrected chi connectivity index (χ1v) is 15.8. The van der Waals surface area contributed by atoms with Crippen molar-refractivity contribution < 1.29 is 68.1 Å². The number of phenols is 3. The molecule has 6 atom stereocenters. The van der Waals surface area contributed by atoms with Crippen molar-refractivity contribution in [2.45, 2.75) is 88.8 Å². The van der Waals surface area contributed by atoms with Crippen molar-refractivity contribution in [1.29, 1.82) is 0 Å². The number of fused-ring (bicyclic) bond motifs is 9. The smallest absolute Gasteiger partial charge is 0.308 e. The highest BCUT2D eigenvalue weighted by atomic mass is 16.6. The topological polar surface area (TPSA) is 220 Å². The van der Waals surface area contributed by atoms with Crippen molar-refractivity contribution in [3.8, 4) is 17.2 Å². The number of carbonyl (C=O) groups is 6. The molecule has 256 valence electrons. The zero-order chi connectivity index (χ0) is 35.4. The molecule has 0 radical (unpaired) electrons. The highest BCUT2D eigenvalue weighted by Gasteiger charge is 2.61. The number of aromatic hydroxyl groups is 3. The fourth-order valence-corrected chi connectivity index (χ4v) is 8.55. The quantitative estimate of drug-likeness (QED) is 0.264. The number of phenolic OH excluding ortho intramolecular Hbond substituents is 3. The number of hydrogen-bond acceptors (Lipinski definition) is 13. The van der Waals surface area contributed by atoms with Gasteiger partial charge in [0.1, 0.15) is 17.2 Å². The first-order valence-electron chi connectivity index (χ1n) is 15.8. The number of hydrogen-bond donors (Lipinski definition) is 4. The van der Waals surface area contributed by atoms with E-state index in [4.69, 9.17) is 18.9 Å². The van der Waals surface area contributed by atoms with Crippen molar-refractivity contribution in [2.24, 2.45) is 0 Å². The van der Waals surface area contributed by atoms with E-state index < -0.39 is 106 Å². The molecular weight excluding hydrogens is 644 g/mol. The van der Waals surface area contributed by atoms with Gasteiger partial charge in [0.2, 0.25) is 0 Å². The van der Waals surface area contributed by atoms with Crippen LogP contribution in [0, 0.1) is 0 Å². The number of carboxylic acids is 1. The van der Waals surface area contributed by atoms with E-state index in [0.29, 0.717) is 5.56 Å². The van der Waals surface area contributed by atoms with Gasteiger partial charge in [-0.3, -0.25) is 28.8 Å². The summed E-state index contributed by atoms with van der Waals surface area (Å²) in [6.07, 6.45) is -4.45. The first-order chi connectivity index (χ1) is 23.1. The van der Waals surface area contributed by atoms with Crippen LogP contribution < -0.4 is 0 Å². The molecular formula is C35H32O14. The minimum absolute atomic E-state index is 0.00443. The number of esters is 2. The van der Waals surface area contributed by atoms with Gasteiger partial charge in [0, 0.05) is 47.6 Å². The van der Waals surface area contributed by atoms with E-state index in [-0.39, 0.29) is 64.6 Å². The molecule has 0 saturated carbocycles. The maximum atomic E-state index is 14.3. The summed E-state index contributed by atoms with van der Waals surface area (Å²) in [7, 11) is 1.24. The molecule has 3 aliphatic carbocycles. The summed E-state index contributed by atoms with van der Waals surface area (Å²) in [4.78, 5) is 78.8. The Morgan fingerprint density at radius 1 is 0.878 bits per heavy atom. The van der Waals surface area contributed by atoms with Crippen LogP contribution in [-0.4, -0.2) is 81.1 Å². The molecule has 7 rings (SSSR count). The Morgan fingerprint density at radius 3 is 2.16 bits per heavy atom. The van der Waals surface area contributed by atoms with Gasteiger partial charge in [0.05, 0.1) is 72.5 Å². The van der Waals surface area contributed by atoms with Crippen LogP contribution in [0.2, 0.25) is 0 Å². The van der Waals surface area contributed by atoms with Gasteiger partial charge in [-0.25, -0.2) is 0 Å². The fraction of sp³-hybridized carbons (Fsp3) is 0.429. The fourth-order valence-electron chi connectivity index (χ4n) is 8.55. The molecule has 2 aliphatic heterocycles. The van der Waals surface area contributed by atoms with Crippen molar-refractivity contribution in [1.82, 2.24) is 0 Å². The molecule has 2 heterocycles. The standard InChI is InChI=1S/C35H32O14/c1-11-22-14(5-15(47-11)9-21(39)46-4)6-19-25(31(22)42)30(41)18-10-35(19,49-13(3)36)28-24(18)33(44)27-26(34(28)45)29(40)17-7-16(8-20(37)38)48-12(2)23(17)32(27)43/h6,11-12,15-16,18,42,44-45H,5,7-10H2,1-4H3,(H,37,38)/t11-,12-,15+,16+,18+,35+/m0/s1. The number of ketones is 3. The number of ether oxygens (including phenoxy) is 4. The van der Waals surface area contributed by atoms with E-state index >= 15 is 0 Å². The lowest BCUT2D eigenvalue weighted by molar-refractivity contribution is -0.154. The average molecular weight is 677 g/mol. The monoisotopic (exact) mass is 676 g/mol. The Morgan fingerprint density at radius 2 is 1.51 bits per heavy atom. The highest BCUT2D eigenvalue weighted by molar-refractivity contribution is 6.30. The average Bonchev–Trinajstić information content (AvgIpc) is 3.32. The summed E-state index contributed by atoms with van der Waals surface area (Å²) in [5.74, 6) is -8.24. The summed E-state index contributed by atoms with van der Waals surface area (Å²) in [5.41, 5.74) is -3.27. The lowest BCUT2D eigenvalue weighted by Crippen LogP contribution is -2.39. The van der Waals surface area contributed by atoms with Crippen molar-refractivity contribution in [3.63, 3.8) is 0 Å². The molecule has 2 aromatic carbocycles. The van der Waals surface area contributed by atoms with Crippen molar-refractivity contribution in [2.75, 3.05) is 7.11 Å². The second-order valence-corrected chi connectivity index (χ2v) is 13.1. The molecule has 0 fully saturated rings. The Bertz CT molecular complexity index is 1990. The van der Waals surface area contributed by atoms with Crippen LogP contribution in [-0.2, 0) is 45.4 Å². The maximum absolute atomic E-state index is 14.3. The number of methoxy groups -OCH3 is 1. The number of rotatable bonds is 5. The second-order valence-electron chi connectivity index (χ2n) is 13.1. The van der Waals surface area contributed by atoms with E-state index in [0.717, 1.165) is 6.92 Å². The largest absolute Gasteiger partial charge is 0.507 e. The molecule has 5 aliphatic rings. The van der Waals surface area contributed by atoms with Gasteiger partial charge < -0.3 is 39.4 Å². The van der Waals surface area contributed by atoms with Gasteiger partial charge in [-0.1, -0.05) is 0 Å². The lowest BCUT2D eigenvalue weighted by atomic mass is 9.73. The minimum atomic E-state index is -2.00. The Hall–Kier alpha value is -5.08. The normalized spacial score (nSPS) is 27.8. The van der Waals surface area contributed by atoms with Crippen LogP contribution in [0.4, 0.5) is 0 Å². The van der Waals surface area contributed by atoms with Gasteiger partial charge in [-0.15, -0.1) is 0 Å². The zero-order valence-corrected chi connectivity index (χ0v) is 26.9. The molecule has 0 unspecified atom stereocenters. The molecule has 14 heteroatoms. The van der Waals surface area contributed by atoms with Crippen LogP contribution in [0.3, 0.4) is 0 Å². The Labute approximate surface area is 278 Å². The Kier molecular flexibility index (Phi) is 7.27. The number of benzene rings is 2. The van der Waals surface area contributed by atoms with E-state index in [1.165, 1.54) is 14.0 Å². The van der Waals surface area contributed by atoms with Gasteiger partial charge in [0.15, 0.2) is 23.0 Å². The molecule has 0 saturated heterocycles. The van der Waals surface area contributed by atoms with Crippen molar-refractivity contribution in [3.05, 3.63) is 61.7 Å². The van der Waals surface area contributed by atoms with Crippen LogP contribution in [0.25, 0.3) is 0 Å². The van der Waals surface area contributed by atoms with Crippen LogP contribution in [0.5, 0.6) is 17.2 Å². The number of aliphatic carboxylic acids is 1. The van der Waals surface area contributed by atoms with Crippen LogP contribution in [0.1, 0.15) is 117 Å². The molecule has 0 spiro atoms. The highest BCUT2D eigenvalue weighted by Crippen LogP contribution is 2.65. The predicted molar refractivity (Wildman–Crippen MR) is 163 cm³/mol. The third-order valence-corrected chi connectivity index (χ3v) is 10.3. The lowest BCUT2D eigenvalue weighted by Gasteiger charge is -2.39. The zero-order valence-electron chi connectivity index (χ0n) is 26.9. The first kappa shape index (κ1) is 32.5. The van der Waals surface area contributed by atoms with Gasteiger partial charge in [-0.05, 0) is 31.9 Å². The summed E-state index contributed by atoms with van der Waals surface area (Å²) >= 11 is 0. The number of carboxylic acid groups (broad SMARTS) is 1. The third kappa shape index (κ3) is 4.46. The molecule has 2 aromatic rings. The maximum Gasteiger partial charge on any atom is 0.308 e. The summed E-state index contributed by atoms with van der Waals surface area (Å²) < 4.78 is 22.4.